The minimum Gasteiger partial charge on any atom is -0.454 e. The lowest BCUT2D eigenvalue weighted by Gasteiger charge is -2.25. The minimum absolute atomic E-state index is 0.0838. The van der Waals surface area contributed by atoms with E-state index in [2.05, 4.69) is 14.8 Å². The molecule has 0 radical (unpaired) electrons. The van der Waals surface area contributed by atoms with E-state index in [0.717, 1.165) is 31.3 Å². The van der Waals surface area contributed by atoms with Crippen LogP contribution in [0.25, 0.3) is 0 Å². The van der Waals surface area contributed by atoms with E-state index in [1.807, 2.05) is 0 Å². The van der Waals surface area contributed by atoms with Gasteiger partial charge in [0.2, 0.25) is 0 Å². The van der Waals surface area contributed by atoms with Gasteiger partial charge in [0.05, 0.1) is 17.1 Å². The van der Waals surface area contributed by atoms with Crippen molar-refractivity contribution in [3.8, 4) is 11.5 Å². The first kappa shape index (κ1) is 19.7. The second kappa shape index (κ2) is 8.40. The molecule has 29 heavy (non-hydrogen) atoms. The molecule has 2 aliphatic rings. The highest BCUT2D eigenvalue weighted by atomic mass is 19.1. The van der Waals surface area contributed by atoms with Crippen molar-refractivity contribution in [3.05, 3.63) is 58.2 Å². The number of nitrogens with zero attached hydrogens (tertiary/aromatic N) is 4. The van der Waals surface area contributed by atoms with Crippen molar-refractivity contribution in [3.63, 3.8) is 0 Å². The van der Waals surface area contributed by atoms with Crippen LogP contribution in [0, 0.1) is 15.9 Å². The maximum atomic E-state index is 14.2. The van der Waals surface area contributed by atoms with Crippen molar-refractivity contribution >= 4 is 5.69 Å². The summed E-state index contributed by atoms with van der Waals surface area (Å²) >= 11 is 0. The number of ether oxygens (including phenoxy) is 1. The fraction of sp³-hybridized carbons (Fsp3) is 0.450. The van der Waals surface area contributed by atoms with E-state index in [1.54, 1.807) is 18.5 Å². The molecule has 2 aliphatic heterocycles. The summed E-state index contributed by atoms with van der Waals surface area (Å²) in [6.45, 7) is 3.87. The Kier molecular flexibility index (Phi) is 5.70. The van der Waals surface area contributed by atoms with Gasteiger partial charge < -0.3 is 9.84 Å². The lowest BCUT2D eigenvalue weighted by Crippen LogP contribution is -2.41. The van der Waals surface area contributed by atoms with Crippen molar-refractivity contribution in [1.82, 2.24) is 14.8 Å². The van der Waals surface area contributed by atoms with E-state index in [0.29, 0.717) is 18.8 Å². The summed E-state index contributed by atoms with van der Waals surface area (Å²) in [4.78, 5) is 18.8. The number of β-amino-alcohol motifs (C(OH)–C–C–N with tert-alkyl or cyclic N) is 1. The Bertz CT molecular complexity index is 891. The Morgan fingerprint density at radius 2 is 2.03 bits per heavy atom. The number of hydrogen-bond acceptors (Lipinski definition) is 7. The number of nitro benzene ring substituents is 1. The molecule has 3 heterocycles. The van der Waals surface area contributed by atoms with Crippen LogP contribution < -0.4 is 4.74 Å². The van der Waals surface area contributed by atoms with Crippen molar-refractivity contribution in [2.75, 3.05) is 26.2 Å². The number of pyridine rings is 1. The molecule has 2 atom stereocenters. The van der Waals surface area contributed by atoms with Gasteiger partial charge in [0.25, 0.3) is 5.69 Å². The number of halogens is 1. The Morgan fingerprint density at radius 1 is 1.24 bits per heavy atom. The largest absolute Gasteiger partial charge is 0.454 e. The lowest BCUT2D eigenvalue weighted by molar-refractivity contribution is -0.385. The molecule has 1 aromatic heterocycles. The van der Waals surface area contributed by atoms with Crippen LogP contribution in [0.15, 0.2) is 36.7 Å². The zero-order valence-electron chi connectivity index (χ0n) is 15.9. The number of aliphatic hydroxyl groups excluding tert-OH is 1. The van der Waals surface area contributed by atoms with Gasteiger partial charge >= 0.3 is 0 Å². The molecule has 1 N–H and O–H groups in total. The van der Waals surface area contributed by atoms with E-state index in [4.69, 9.17) is 4.74 Å². The van der Waals surface area contributed by atoms with E-state index in [1.165, 1.54) is 25.0 Å². The average Bonchev–Trinajstić information content (AvgIpc) is 3.34. The van der Waals surface area contributed by atoms with Gasteiger partial charge in [0, 0.05) is 49.7 Å². The van der Waals surface area contributed by atoms with E-state index >= 15 is 0 Å². The molecule has 2 fully saturated rings. The molecule has 0 amide bonds. The number of aliphatic hydroxyl groups is 1. The third kappa shape index (κ3) is 4.36. The summed E-state index contributed by atoms with van der Waals surface area (Å²) in [6, 6.07) is 5.07. The molecule has 0 aliphatic carbocycles. The molecular weight excluding hydrogens is 379 g/mol. The molecular formula is C20H23FN4O4. The van der Waals surface area contributed by atoms with Gasteiger partial charge in [-0.25, -0.2) is 4.39 Å². The number of non-ortho nitro benzene ring substituents is 1. The van der Waals surface area contributed by atoms with Crippen molar-refractivity contribution < 1.29 is 19.2 Å². The number of benzene rings is 1. The lowest BCUT2D eigenvalue weighted by atomic mass is 10.2. The van der Waals surface area contributed by atoms with Crippen LogP contribution >= 0.6 is 0 Å². The van der Waals surface area contributed by atoms with Crippen LogP contribution in [0.5, 0.6) is 11.5 Å². The zero-order valence-corrected chi connectivity index (χ0v) is 15.9. The van der Waals surface area contributed by atoms with Crippen LogP contribution in [0.2, 0.25) is 0 Å². The highest BCUT2D eigenvalue weighted by Gasteiger charge is 2.36. The molecule has 8 nitrogen and oxygen atoms in total. The monoisotopic (exact) mass is 402 g/mol. The highest BCUT2D eigenvalue weighted by molar-refractivity contribution is 5.41. The Labute approximate surface area is 167 Å². The van der Waals surface area contributed by atoms with Crippen LogP contribution in [0.4, 0.5) is 10.1 Å². The highest BCUT2D eigenvalue weighted by Crippen LogP contribution is 2.31. The Hall–Kier alpha value is -2.62. The molecule has 2 saturated heterocycles. The van der Waals surface area contributed by atoms with Gasteiger partial charge in [-0.05, 0) is 38.1 Å². The van der Waals surface area contributed by atoms with Gasteiger partial charge in [-0.3, -0.25) is 24.9 Å². The standard InChI is InChI=1S/C20H23FN4O4/c21-16-9-15(25(27)28)3-4-20(16)29-19-5-6-22-10-14(19)11-23-12-17(18(26)13-23)24-7-1-2-8-24/h3-6,9-10,17-18,26H,1-2,7-8,11-13H2/t17-,18-/m1/s1. The molecule has 0 bridgehead atoms. The summed E-state index contributed by atoms with van der Waals surface area (Å²) in [6.07, 6.45) is 5.15. The summed E-state index contributed by atoms with van der Waals surface area (Å²) < 4.78 is 19.9. The van der Waals surface area contributed by atoms with Gasteiger partial charge in [-0.15, -0.1) is 0 Å². The van der Waals surface area contributed by atoms with Crippen LogP contribution in [-0.2, 0) is 6.54 Å². The van der Waals surface area contributed by atoms with Gasteiger partial charge in [0.1, 0.15) is 5.75 Å². The number of rotatable bonds is 6. The molecule has 4 rings (SSSR count). The average molecular weight is 402 g/mol. The number of nitro groups is 1. The number of aromatic nitrogens is 1. The fourth-order valence-electron chi connectivity index (χ4n) is 4.09. The maximum absolute atomic E-state index is 14.2. The summed E-state index contributed by atoms with van der Waals surface area (Å²) in [7, 11) is 0. The molecule has 0 unspecified atom stereocenters. The topological polar surface area (TPSA) is 92.0 Å². The maximum Gasteiger partial charge on any atom is 0.272 e. The quantitative estimate of drug-likeness (QED) is 0.586. The van der Waals surface area contributed by atoms with Crippen molar-refractivity contribution in [2.45, 2.75) is 31.5 Å². The predicted octanol–water partition coefficient (Wildman–Crippen LogP) is 2.56. The molecule has 1 aromatic carbocycles. The molecule has 2 aromatic rings. The minimum atomic E-state index is -0.798. The van der Waals surface area contributed by atoms with E-state index in [-0.39, 0.29) is 17.5 Å². The van der Waals surface area contributed by atoms with Gasteiger partial charge in [-0.2, -0.15) is 0 Å². The summed E-state index contributed by atoms with van der Waals surface area (Å²) in [5, 5.41) is 21.3. The second-order valence-electron chi connectivity index (χ2n) is 7.53. The van der Waals surface area contributed by atoms with Crippen LogP contribution in [0.3, 0.4) is 0 Å². The molecule has 0 saturated carbocycles. The van der Waals surface area contributed by atoms with Crippen molar-refractivity contribution in [1.29, 1.82) is 0 Å². The molecule has 0 spiro atoms. The predicted molar refractivity (Wildman–Crippen MR) is 103 cm³/mol. The van der Waals surface area contributed by atoms with Gasteiger partial charge in [0.15, 0.2) is 11.6 Å². The van der Waals surface area contributed by atoms with E-state index < -0.39 is 16.8 Å². The van der Waals surface area contributed by atoms with E-state index in [9.17, 15) is 19.6 Å². The smallest absolute Gasteiger partial charge is 0.272 e. The summed E-state index contributed by atoms with van der Waals surface area (Å²) in [5.41, 5.74) is 0.434. The van der Waals surface area contributed by atoms with Crippen LogP contribution in [0.1, 0.15) is 18.4 Å². The Balaban J connectivity index is 1.47. The first-order valence-corrected chi connectivity index (χ1v) is 9.70. The van der Waals surface area contributed by atoms with Crippen molar-refractivity contribution in [2.24, 2.45) is 0 Å². The number of hydrogen-bond donors (Lipinski definition) is 1. The Morgan fingerprint density at radius 3 is 2.76 bits per heavy atom. The molecule has 154 valence electrons. The normalized spacial score (nSPS) is 22.8. The third-order valence-corrected chi connectivity index (χ3v) is 5.54. The van der Waals surface area contributed by atoms with Crippen LogP contribution in [-0.4, -0.2) is 63.1 Å². The second-order valence-corrected chi connectivity index (χ2v) is 7.53. The summed E-state index contributed by atoms with van der Waals surface area (Å²) in [5.74, 6) is -0.445. The van der Waals surface area contributed by atoms with Gasteiger partial charge in [-0.1, -0.05) is 0 Å². The first-order valence-electron chi connectivity index (χ1n) is 9.70. The number of likely N-dealkylation sites (tertiary alicyclic amines) is 2. The molecule has 9 heteroatoms. The zero-order chi connectivity index (χ0) is 20.4. The third-order valence-electron chi connectivity index (χ3n) is 5.54. The SMILES string of the molecule is O=[N+]([O-])c1ccc(Oc2ccncc2CN2C[C@@H](O)[C@H](N3CCCC3)C2)c(F)c1. The fourth-order valence-corrected chi connectivity index (χ4v) is 4.09. The first-order chi connectivity index (χ1) is 14.0.